The largest absolute Gasteiger partial charge is 0.310 e. The van der Waals surface area contributed by atoms with Crippen LogP contribution in [-0.4, -0.2) is 4.57 Å². The molecule has 0 saturated carbocycles. The number of aromatic nitrogens is 1. The normalized spacial score (nSPS) is 13.3. The van der Waals surface area contributed by atoms with Gasteiger partial charge >= 0.3 is 0 Å². The van der Waals surface area contributed by atoms with Gasteiger partial charge in [-0.25, -0.2) is 0 Å². The molecule has 0 fully saturated rings. The first-order valence-corrected chi connectivity index (χ1v) is 36.0. The SMILES string of the molecule is CC(C)(C)c1cc(-c2cc(-c3cc(C(C)(C)C)cc(C(C)(C)C)c3)cc(N(c3cc(-c4cc(C(C)(C)C)cc(C(C)(C)C)c4)cc(-c4cc(C(C)(C)C)cc(C(C)(C)C)c4)c3)c3ccc4ccc5c(-n6c7ccccc7c7ccccc76)ccc6ccc3c4c65)c2)cc(C(C)(C)C)c1. The zero-order valence-corrected chi connectivity index (χ0v) is 63.5. The van der Waals surface area contributed by atoms with Crippen molar-refractivity contribution in [2.75, 3.05) is 4.90 Å². The van der Waals surface area contributed by atoms with E-state index >= 15 is 0 Å². The highest BCUT2D eigenvalue weighted by molar-refractivity contribution is 6.27. The van der Waals surface area contributed by atoms with E-state index in [1.54, 1.807) is 0 Å². The van der Waals surface area contributed by atoms with E-state index in [-0.39, 0.29) is 43.3 Å². The number of hydrogen-bond donors (Lipinski definition) is 0. The molecule has 500 valence electrons. The van der Waals surface area contributed by atoms with Crippen molar-refractivity contribution in [2.24, 2.45) is 0 Å². The van der Waals surface area contributed by atoms with Crippen LogP contribution in [-0.2, 0) is 43.3 Å². The summed E-state index contributed by atoms with van der Waals surface area (Å²) in [6.45, 7) is 56.7. The molecular weight excluding hydrogens is 1180 g/mol. The third-order valence-corrected chi connectivity index (χ3v) is 21.0. The molecule has 0 amide bonds. The van der Waals surface area contributed by atoms with Gasteiger partial charge in [-0.15, -0.1) is 0 Å². The Labute approximate surface area is 587 Å². The summed E-state index contributed by atoms with van der Waals surface area (Å²) in [7, 11) is 0. The zero-order valence-electron chi connectivity index (χ0n) is 63.5. The van der Waals surface area contributed by atoms with Crippen LogP contribution >= 0.6 is 0 Å². The molecule has 0 N–H and O–H groups in total. The van der Waals surface area contributed by atoms with Crippen LogP contribution in [0.25, 0.3) is 104 Å². The number of hydrogen-bond acceptors (Lipinski definition) is 1. The second-order valence-corrected chi connectivity index (χ2v) is 37.0. The molecule has 0 radical (unpaired) electrons. The van der Waals surface area contributed by atoms with Crippen LogP contribution in [0.5, 0.6) is 0 Å². The van der Waals surface area contributed by atoms with E-state index in [0.717, 1.165) is 17.1 Å². The Morgan fingerprint density at radius 1 is 0.224 bits per heavy atom. The van der Waals surface area contributed by atoms with E-state index < -0.39 is 0 Å². The lowest BCUT2D eigenvalue weighted by Gasteiger charge is -2.31. The van der Waals surface area contributed by atoms with E-state index in [2.05, 4.69) is 382 Å². The first-order chi connectivity index (χ1) is 45.6. The highest BCUT2D eigenvalue weighted by atomic mass is 15.1. The van der Waals surface area contributed by atoms with Gasteiger partial charge in [0.2, 0.25) is 0 Å². The maximum Gasteiger partial charge on any atom is 0.0541 e. The lowest BCUT2D eigenvalue weighted by molar-refractivity contribution is 0.568. The lowest BCUT2D eigenvalue weighted by Crippen LogP contribution is -2.17. The summed E-state index contributed by atoms with van der Waals surface area (Å²) in [4.78, 5) is 2.66. The van der Waals surface area contributed by atoms with Crippen LogP contribution in [0.15, 0.2) is 206 Å². The van der Waals surface area contributed by atoms with Crippen molar-refractivity contribution < 1.29 is 0 Å². The third-order valence-electron chi connectivity index (χ3n) is 21.0. The average Bonchev–Trinajstić information content (AvgIpc) is 1.19. The Hall–Kier alpha value is -8.72. The first-order valence-electron chi connectivity index (χ1n) is 36.0. The Morgan fingerprint density at radius 2 is 0.480 bits per heavy atom. The molecule has 13 aromatic rings. The molecule has 0 spiro atoms. The quantitative estimate of drug-likeness (QED) is 0.138. The Balaban J connectivity index is 1.21. The average molecular weight is 1290 g/mol. The van der Waals surface area contributed by atoms with Crippen LogP contribution in [0.3, 0.4) is 0 Å². The molecule has 12 aromatic carbocycles. The summed E-state index contributed by atoms with van der Waals surface area (Å²) in [5, 5.41) is 9.92. The first kappa shape index (κ1) is 67.8. The van der Waals surface area contributed by atoms with Gasteiger partial charge in [0, 0.05) is 32.9 Å². The summed E-state index contributed by atoms with van der Waals surface area (Å²) in [5.41, 5.74) is 26.4. The standard InChI is InChI=1S/C96H106N2/c1-89(2,3)69-43-65(44-70(55-69)90(4,5)6)61-41-62(66-45-71(91(7,8)9)56-72(46-66)92(10,11)12)52-77(51-61)97(85-39-35-59-34-38-82-86(40-36-60-33-37-81(85)87(59)88(60)82)98-83-31-27-25-29-79(83)80-30-26-28-32-84(80)98)78-53-63(67-47-73(93(13,14)15)57-74(48-67)94(16,17)18)42-64(54-78)68-49-75(95(19,20)21)58-76(50-68)96(22,23)24/h25-58H,1-24H3. The van der Waals surface area contributed by atoms with E-state index in [9.17, 15) is 0 Å². The van der Waals surface area contributed by atoms with E-state index in [1.807, 2.05) is 0 Å². The van der Waals surface area contributed by atoms with Crippen LogP contribution in [0, 0.1) is 0 Å². The lowest BCUT2D eigenvalue weighted by atomic mass is 9.78. The molecule has 98 heavy (non-hydrogen) atoms. The Bertz CT molecular complexity index is 4700. The summed E-state index contributed by atoms with van der Waals surface area (Å²) >= 11 is 0. The maximum atomic E-state index is 2.66. The summed E-state index contributed by atoms with van der Waals surface area (Å²) in [5.74, 6) is 0. The second kappa shape index (κ2) is 23.5. The molecule has 0 aliphatic heterocycles. The Morgan fingerprint density at radius 3 is 0.786 bits per heavy atom. The fourth-order valence-corrected chi connectivity index (χ4v) is 14.6. The van der Waals surface area contributed by atoms with Crippen molar-refractivity contribution in [1.82, 2.24) is 4.57 Å². The van der Waals surface area contributed by atoms with Crippen LogP contribution in [0.4, 0.5) is 17.1 Å². The van der Waals surface area contributed by atoms with Gasteiger partial charge in [0.15, 0.2) is 0 Å². The molecule has 13 rings (SSSR count). The van der Waals surface area contributed by atoms with Crippen molar-refractivity contribution in [3.8, 4) is 50.2 Å². The van der Waals surface area contributed by atoms with Crippen molar-refractivity contribution in [2.45, 2.75) is 209 Å². The molecule has 0 aliphatic carbocycles. The zero-order chi connectivity index (χ0) is 70.5. The maximum absolute atomic E-state index is 2.66. The topological polar surface area (TPSA) is 8.17 Å². The summed E-state index contributed by atoms with van der Waals surface area (Å²) in [6.07, 6.45) is 0. The summed E-state index contributed by atoms with van der Waals surface area (Å²) in [6, 6.07) is 81.8. The van der Waals surface area contributed by atoms with E-state index in [4.69, 9.17) is 0 Å². The molecule has 0 saturated heterocycles. The number of benzene rings is 12. The van der Waals surface area contributed by atoms with Gasteiger partial charge in [0.05, 0.1) is 22.4 Å². The fraction of sp³-hybridized carbons (Fsp3) is 0.333. The highest BCUT2D eigenvalue weighted by Crippen LogP contribution is 2.51. The van der Waals surface area contributed by atoms with Crippen molar-refractivity contribution >= 4 is 71.2 Å². The fourth-order valence-electron chi connectivity index (χ4n) is 14.6. The van der Waals surface area contributed by atoms with Gasteiger partial charge in [-0.05, 0) is 215 Å². The monoisotopic (exact) mass is 1290 g/mol. The van der Waals surface area contributed by atoms with Gasteiger partial charge in [-0.3, -0.25) is 0 Å². The molecule has 2 nitrogen and oxygen atoms in total. The molecule has 0 aliphatic rings. The van der Waals surface area contributed by atoms with Gasteiger partial charge in [-0.1, -0.05) is 312 Å². The Kier molecular flexibility index (Phi) is 16.2. The molecule has 1 aromatic heterocycles. The molecular formula is C96H106N2. The minimum absolute atomic E-state index is 0.0978. The predicted molar refractivity (Wildman–Crippen MR) is 431 cm³/mol. The number of anilines is 3. The van der Waals surface area contributed by atoms with Gasteiger partial charge < -0.3 is 9.47 Å². The minimum atomic E-state index is -0.0978. The molecule has 2 heteroatoms. The van der Waals surface area contributed by atoms with Crippen molar-refractivity contribution in [3.05, 3.63) is 251 Å². The molecule has 0 bridgehead atoms. The number of nitrogens with zero attached hydrogens (tertiary/aromatic N) is 2. The van der Waals surface area contributed by atoms with Gasteiger partial charge in [0.25, 0.3) is 0 Å². The van der Waals surface area contributed by atoms with Crippen LogP contribution in [0.1, 0.15) is 211 Å². The van der Waals surface area contributed by atoms with Gasteiger partial charge in [-0.2, -0.15) is 0 Å². The molecule has 0 atom stereocenters. The predicted octanol–water partition coefficient (Wildman–Crippen LogP) is 28.2. The molecule has 0 unspecified atom stereocenters. The number of rotatable bonds is 8. The van der Waals surface area contributed by atoms with E-state index in [1.165, 1.54) is 149 Å². The summed E-state index contributed by atoms with van der Waals surface area (Å²) < 4.78 is 2.50. The van der Waals surface area contributed by atoms with E-state index in [0.29, 0.717) is 0 Å². The smallest absolute Gasteiger partial charge is 0.0541 e. The minimum Gasteiger partial charge on any atom is -0.310 e. The third kappa shape index (κ3) is 12.8. The molecule has 1 heterocycles. The van der Waals surface area contributed by atoms with Crippen molar-refractivity contribution in [3.63, 3.8) is 0 Å². The number of para-hydroxylation sites is 2. The van der Waals surface area contributed by atoms with Crippen molar-refractivity contribution in [1.29, 1.82) is 0 Å². The van der Waals surface area contributed by atoms with Crippen LogP contribution in [0.2, 0.25) is 0 Å². The number of fused-ring (bicyclic) bond motifs is 3. The van der Waals surface area contributed by atoms with Crippen LogP contribution < -0.4 is 4.90 Å². The highest BCUT2D eigenvalue weighted by Gasteiger charge is 2.30. The second-order valence-electron chi connectivity index (χ2n) is 37.0. The van der Waals surface area contributed by atoms with Gasteiger partial charge in [0.1, 0.15) is 0 Å².